The molecule has 5 rings (SSSR count). The SMILES string of the molecule is O=C(CCc1ccc2c(c1)OCO2)N1CCc2nnc(Cc3ccccc3)n2CC1. The molecule has 0 atom stereocenters. The fourth-order valence-electron chi connectivity index (χ4n) is 4.05. The highest BCUT2D eigenvalue weighted by Gasteiger charge is 2.22. The Morgan fingerprint density at radius 1 is 0.933 bits per heavy atom. The first-order valence-electron chi connectivity index (χ1n) is 10.4. The summed E-state index contributed by atoms with van der Waals surface area (Å²) in [6, 6.07) is 16.2. The van der Waals surface area contributed by atoms with Gasteiger partial charge in [-0.3, -0.25) is 4.79 Å². The van der Waals surface area contributed by atoms with Crippen LogP contribution >= 0.6 is 0 Å². The van der Waals surface area contributed by atoms with Crippen LogP contribution in [0.15, 0.2) is 48.5 Å². The van der Waals surface area contributed by atoms with Crippen LogP contribution in [0.5, 0.6) is 11.5 Å². The molecule has 0 bridgehead atoms. The van der Waals surface area contributed by atoms with Crippen LogP contribution in [0.3, 0.4) is 0 Å². The van der Waals surface area contributed by atoms with Crippen LogP contribution in [0.1, 0.15) is 29.2 Å². The van der Waals surface area contributed by atoms with Gasteiger partial charge in [0, 0.05) is 38.9 Å². The third-order valence-electron chi connectivity index (χ3n) is 5.73. The van der Waals surface area contributed by atoms with Crippen LogP contribution in [0.2, 0.25) is 0 Å². The summed E-state index contributed by atoms with van der Waals surface area (Å²) in [5, 5.41) is 8.78. The molecule has 0 radical (unpaired) electrons. The van der Waals surface area contributed by atoms with Gasteiger partial charge >= 0.3 is 0 Å². The molecular weight excluding hydrogens is 380 g/mol. The van der Waals surface area contributed by atoms with Crippen molar-refractivity contribution in [3.05, 3.63) is 71.3 Å². The Bertz CT molecular complexity index is 1050. The van der Waals surface area contributed by atoms with Gasteiger partial charge in [-0.2, -0.15) is 0 Å². The zero-order valence-electron chi connectivity index (χ0n) is 16.8. The van der Waals surface area contributed by atoms with Gasteiger partial charge in [-0.1, -0.05) is 36.4 Å². The number of fused-ring (bicyclic) bond motifs is 2. The molecule has 2 aliphatic rings. The molecule has 0 spiro atoms. The fraction of sp³-hybridized carbons (Fsp3) is 0.348. The average molecular weight is 404 g/mol. The number of hydrogen-bond donors (Lipinski definition) is 0. The molecule has 7 heteroatoms. The Hall–Kier alpha value is -3.35. The number of carbonyl (C=O) groups is 1. The quantitative estimate of drug-likeness (QED) is 0.654. The summed E-state index contributed by atoms with van der Waals surface area (Å²) in [7, 11) is 0. The first-order valence-corrected chi connectivity index (χ1v) is 10.4. The normalized spacial score (nSPS) is 15.0. The largest absolute Gasteiger partial charge is 0.454 e. The van der Waals surface area contributed by atoms with Crippen LogP contribution in [-0.4, -0.2) is 45.5 Å². The molecule has 1 amide bonds. The van der Waals surface area contributed by atoms with Crippen LogP contribution < -0.4 is 9.47 Å². The van der Waals surface area contributed by atoms with Gasteiger partial charge in [0.1, 0.15) is 11.6 Å². The van der Waals surface area contributed by atoms with Gasteiger partial charge in [0.15, 0.2) is 11.5 Å². The summed E-state index contributed by atoms with van der Waals surface area (Å²) in [6.45, 7) is 2.37. The third kappa shape index (κ3) is 3.87. The molecule has 3 heterocycles. The number of aryl methyl sites for hydroxylation is 1. The molecule has 0 saturated heterocycles. The maximum Gasteiger partial charge on any atom is 0.231 e. The van der Waals surface area contributed by atoms with E-state index in [9.17, 15) is 4.79 Å². The van der Waals surface area contributed by atoms with E-state index in [4.69, 9.17) is 9.47 Å². The Labute approximate surface area is 175 Å². The number of amides is 1. The van der Waals surface area contributed by atoms with Crippen molar-refractivity contribution in [1.82, 2.24) is 19.7 Å². The summed E-state index contributed by atoms with van der Waals surface area (Å²) in [4.78, 5) is 14.8. The third-order valence-corrected chi connectivity index (χ3v) is 5.73. The highest BCUT2D eigenvalue weighted by atomic mass is 16.7. The van der Waals surface area contributed by atoms with E-state index in [1.54, 1.807) is 0 Å². The lowest BCUT2D eigenvalue weighted by molar-refractivity contribution is -0.131. The second-order valence-corrected chi connectivity index (χ2v) is 7.66. The molecular formula is C23H24N4O3. The maximum absolute atomic E-state index is 12.8. The highest BCUT2D eigenvalue weighted by molar-refractivity contribution is 5.76. The van der Waals surface area contributed by atoms with E-state index in [0.717, 1.165) is 48.1 Å². The lowest BCUT2D eigenvalue weighted by atomic mass is 10.1. The second kappa shape index (κ2) is 8.18. The zero-order chi connectivity index (χ0) is 20.3. The first-order chi connectivity index (χ1) is 14.8. The van der Waals surface area contributed by atoms with E-state index in [1.165, 1.54) is 5.56 Å². The van der Waals surface area contributed by atoms with Gasteiger partial charge in [0.25, 0.3) is 0 Å². The second-order valence-electron chi connectivity index (χ2n) is 7.66. The summed E-state index contributed by atoms with van der Waals surface area (Å²) in [6.07, 6.45) is 2.66. The maximum atomic E-state index is 12.8. The minimum absolute atomic E-state index is 0.177. The molecule has 1 aromatic heterocycles. The summed E-state index contributed by atoms with van der Waals surface area (Å²) in [5.41, 5.74) is 2.30. The monoisotopic (exact) mass is 404 g/mol. The average Bonchev–Trinajstić information content (AvgIpc) is 3.33. The van der Waals surface area contributed by atoms with Crippen molar-refractivity contribution in [2.24, 2.45) is 0 Å². The number of carbonyl (C=O) groups excluding carboxylic acids is 1. The lowest BCUT2D eigenvalue weighted by Crippen LogP contribution is -2.34. The molecule has 2 aliphatic heterocycles. The number of benzene rings is 2. The molecule has 3 aromatic rings. The summed E-state index contributed by atoms with van der Waals surface area (Å²) < 4.78 is 13.0. The van der Waals surface area contributed by atoms with E-state index >= 15 is 0 Å². The molecule has 2 aromatic carbocycles. The van der Waals surface area contributed by atoms with Crippen molar-refractivity contribution < 1.29 is 14.3 Å². The minimum Gasteiger partial charge on any atom is -0.454 e. The van der Waals surface area contributed by atoms with E-state index in [2.05, 4.69) is 26.9 Å². The van der Waals surface area contributed by atoms with Crippen molar-refractivity contribution >= 4 is 5.91 Å². The van der Waals surface area contributed by atoms with Gasteiger partial charge in [0.05, 0.1) is 0 Å². The van der Waals surface area contributed by atoms with Crippen molar-refractivity contribution in [2.45, 2.75) is 32.2 Å². The summed E-state index contributed by atoms with van der Waals surface area (Å²) in [5.74, 6) is 3.64. The summed E-state index contributed by atoms with van der Waals surface area (Å²) >= 11 is 0. The van der Waals surface area contributed by atoms with Crippen molar-refractivity contribution in [3.63, 3.8) is 0 Å². The molecule has 7 nitrogen and oxygen atoms in total. The van der Waals surface area contributed by atoms with Crippen LogP contribution in [0.4, 0.5) is 0 Å². The predicted octanol–water partition coefficient (Wildman–Crippen LogP) is 2.62. The fourth-order valence-corrected chi connectivity index (χ4v) is 4.05. The Kier molecular flexibility index (Phi) is 5.09. The highest BCUT2D eigenvalue weighted by Crippen LogP contribution is 2.32. The van der Waals surface area contributed by atoms with Crippen molar-refractivity contribution in [1.29, 1.82) is 0 Å². The lowest BCUT2D eigenvalue weighted by Gasteiger charge is -2.20. The smallest absolute Gasteiger partial charge is 0.231 e. The van der Waals surface area contributed by atoms with Crippen molar-refractivity contribution in [3.8, 4) is 11.5 Å². The van der Waals surface area contributed by atoms with E-state index in [0.29, 0.717) is 25.9 Å². The Morgan fingerprint density at radius 2 is 1.80 bits per heavy atom. The number of nitrogens with zero attached hydrogens (tertiary/aromatic N) is 4. The van der Waals surface area contributed by atoms with Crippen LogP contribution in [-0.2, 0) is 30.6 Å². The molecule has 154 valence electrons. The van der Waals surface area contributed by atoms with E-state index in [1.807, 2.05) is 41.3 Å². The Morgan fingerprint density at radius 3 is 2.70 bits per heavy atom. The molecule has 0 unspecified atom stereocenters. The molecule has 30 heavy (non-hydrogen) atoms. The standard InChI is InChI=1S/C23H24N4O3/c28-23(9-7-18-6-8-19-20(14-18)30-16-29-19)26-11-10-21-24-25-22(27(21)13-12-26)15-17-4-2-1-3-5-17/h1-6,8,14H,7,9-13,15-16H2. The van der Waals surface area contributed by atoms with Crippen LogP contribution in [0, 0.1) is 0 Å². The van der Waals surface area contributed by atoms with Gasteiger partial charge in [0.2, 0.25) is 12.7 Å². The minimum atomic E-state index is 0.177. The van der Waals surface area contributed by atoms with Gasteiger partial charge in [-0.05, 0) is 29.7 Å². The molecule has 0 saturated carbocycles. The first kappa shape index (κ1) is 18.7. The zero-order valence-corrected chi connectivity index (χ0v) is 16.8. The number of rotatable bonds is 5. The topological polar surface area (TPSA) is 69.5 Å². The molecule has 0 N–H and O–H groups in total. The van der Waals surface area contributed by atoms with Gasteiger partial charge in [-0.15, -0.1) is 10.2 Å². The number of ether oxygens (including phenoxy) is 2. The van der Waals surface area contributed by atoms with E-state index in [-0.39, 0.29) is 12.7 Å². The van der Waals surface area contributed by atoms with Gasteiger partial charge in [-0.25, -0.2) is 0 Å². The number of hydrogen-bond acceptors (Lipinski definition) is 5. The van der Waals surface area contributed by atoms with Gasteiger partial charge < -0.3 is 18.9 Å². The Balaban J connectivity index is 1.19. The number of aromatic nitrogens is 3. The van der Waals surface area contributed by atoms with E-state index < -0.39 is 0 Å². The molecule has 0 fully saturated rings. The predicted molar refractivity (Wildman–Crippen MR) is 110 cm³/mol. The molecule has 0 aliphatic carbocycles. The van der Waals surface area contributed by atoms with Crippen molar-refractivity contribution in [2.75, 3.05) is 19.9 Å². The van der Waals surface area contributed by atoms with Crippen LogP contribution in [0.25, 0.3) is 0 Å².